The second kappa shape index (κ2) is 5.35. The minimum absolute atomic E-state index is 0.0914. The zero-order chi connectivity index (χ0) is 13.1. The van der Waals surface area contributed by atoms with E-state index in [-0.39, 0.29) is 6.42 Å². The molecule has 2 aromatic rings. The van der Waals surface area contributed by atoms with Crippen molar-refractivity contribution < 1.29 is 9.90 Å². The third-order valence-corrected chi connectivity index (χ3v) is 3.54. The summed E-state index contributed by atoms with van der Waals surface area (Å²) in [6, 6.07) is 8.04. The number of nitrogens with one attached hydrogen (secondary N) is 1. The summed E-state index contributed by atoms with van der Waals surface area (Å²) >= 11 is 3.47. The molecule has 0 amide bonds. The predicted octanol–water partition coefficient (Wildman–Crippen LogP) is 3.16. The summed E-state index contributed by atoms with van der Waals surface area (Å²) in [5, 5.41) is 15.8. The molecular formula is C13H13BrN2O2. The van der Waals surface area contributed by atoms with Gasteiger partial charge in [0.2, 0.25) is 0 Å². The molecule has 2 N–H and O–H groups in total. The first-order chi connectivity index (χ1) is 8.58. The fraction of sp³-hybridized carbons (Fsp3) is 0.231. The molecule has 1 aromatic carbocycles. The lowest BCUT2D eigenvalue weighted by Gasteiger charge is -1.99. The highest BCUT2D eigenvalue weighted by molar-refractivity contribution is 9.10. The number of carboxylic acids is 1. The minimum Gasteiger partial charge on any atom is -0.481 e. The van der Waals surface area contributed by atoms with Crippen molar-refractivity contribution in [3.05, 3.63) is 40.0 Å². The van der Waals surface area contributed by atoms with Crippen LogP contribution in [-0.4, -0.2) is 21.3 Å². The van der Waals surface area contributed by atoms with Crippen LogP contribution in [0.1, 0.15) is 17.7 Å². The highest BCUT2D eigenvalue weighted by Crippen LogP contribution is 2.29. The topological polar surface area (TPSA) is 66.0 Å². The van der Waals surface area contributed by atoms with E-state index in [2.05, 4.69) is 26.1 Å². The number of aromatic nitrogens is 2. The highest BCUT2D eigenvalue weighted by atomic mass is 79.9. The van der Waals surface area contributed by atoms with Crippen molar-refractivity contribution >= 4 is 21.9 Å². The van der Waals surface area contributed by atoms with Crippen LogP contribution in [0.25, 0.3) is 11.3 Å². The van der Waals surface area contributed by atoms with E-state index in [9.17, 15) is 4.79 Å². The smallest absolute Gasteiger partial charge is 0.303 e. The number of carbonyl (C=O) groups is 1. The van der Waals surface area contributed by atoms with E-state index in [1.165, 1.54) is 5.56 Å². The molecule has 0 unspecified atom stereocenters. The lowest BCUT2D eigenvalue weighted by atomic mass is 10.1. The third kappa shape index (κ3) is 2.79. The summed E-state index contributed by atoms with van der Waals surface area (Å²) in [5.41, 5.74) is 3.82. The number of nitrogens with zero attached hydrogens (tertiary/aromatic N) is 1. The Kier molecular flexibility index (Phi) is 3.81. The number of aromatic amines is 1. The van der Waals surface area contributed by atoms with Gasteiger partial charge in [0.15, 0.2) is 0 Å². The van der Waals surface area contributed by atoms with Gasteiger partial charge in [-0.05, 0) is 22.9 Å². The summed E-state index contributed by atoms with van der Waals surface area (Å²) < 4.78 is 0.840. The molecule has 0 atom stereocenters. The molecule has 0 radical (unpaired) electrons. The molecule has 5 heteroatoms. The number of halogens is 1. The van der Waals surface area contributed by atoms with E-state index in [0.717, 1.165) is 21.4 Å². The predicted molar refractivity (Wildman–Crippen MR) is 72.4 cm³/mol. The molecule has 0 spiro atoms. The molecule has 0 fully saturated rings. The van der Waals surface area contributed by atoms with Crippen molar-refractivity contribution in [1.29, 1.82) is 0 Å². The molecule has 4 nitrogen and oxygen atoms in total. The fourth-order valence-electron chi connectivity index (χ4n) is 1.66. The van der Waals surface area contributed by atoms with Gasteiger partial charge in [-0.3, -0.25) is 9.89 Å². The van der Waals surface area contributed by atoms with Gasteiger partial charge in [0.05, 0.1) is 16.6 Å². The number of hydrogen-bond donors (Lipinski definition) is 2. The number of rotatable bonds is 4. The number of benzene rings is 1. The van der Waals surface area contributed by atoms with Crippen LogP contribution >= 0.6 is 15.9 Å². The fourth-order valence-corrected chi connectivity index (χ4v) is 2.27. The van der Waals surface area contributed by atoms with Gasteiger partial charge in [0.25, 0.3) is 0 Å². The third-order valence-electron chi connectivity index (χ3n) is 2.69. The van der Waals surface area contributed by atoms with Crippen LogP contribution < -0.4 is 0 Å². The number of aliphatic carboxylic acids is 1. The Morgan fingerprint density at radius 3 is 2.67 bits per heavy atom. The number of carboxylic acid groups (broad SMARTS) is 1. The average Bonchev–Trinajstić information content (AvgIpc) is 2.69. The molecule has 0 saturated heterocycles. The summed E-state index contributed by atoms with van der Waals surface area (Å²) in [6.07, 6.45) is 0.531. The molecule has 0 aliphatic heterocycles. The first-order valence-electron chi connectivity index (χ1n) is 5.59. The van der Waals surface area contributed by atoms with Crippen molar-refractivity contribution in [2.75, 3.05) is 0 Å². The first kappa shape index (κ1) is 12.8. The van der Waals surface area contributed by atoms with Crippen LogP contribution in [-0.2, 0) is 11.2 Å². The van der Waals surface area contributed by atoms with Crippen LogP contribution in [0, 0.1) is 6.92 Å². The van der Waals surface area contributed by atoms with E-state index in [1.807, 2.05) is 31.2 Å². The Balaban J connectivity index is 2.25. The van der Waals surface area contributed by atoms with E-state index in [0.29, 0.717) is 6.42 Å². The van der Waals surface area contributed by atoms with E-state index >= 15 is 0 Å². The first-order valence-corrected chi connectivity index (χ1v) is 6.39. The van der Waals surface area contributed by atoms with Gasteiger partial charge in [-0.2, -0.15) is 5.10 Å². The van der Waals surface area contributed by atoms with Gasteiger partial charge >= 0.3 is 5.97 Å². The van der Waals surface area contributed by atoms with Crippen molar-refractivity contribution in [3.8, 4) is 11.3 Å². The summed E-state index contributed by atoms with van der Waals surface area (Å²) in [5.74, 6) is -0.812. The van der Waals surface area contributed by atoms with Gasteiger partial charge in [0, 0.05) is 12.0 Å². The number of H-pyrrole nitrogens is 1. The van der Waals surface area contributed by atoms with Crippen molar-refractivity contribution in [2.24, 2.45) is 0 Å². The monoisotopic (exact) mass is 308 g/mol. The van der Waals surface area contributed by atoms with Crippen LogP contribution in [0.5, 0.6) is 0 Å². The average molecular weight is 309 g/mol. The standard InChI is InChI=1S/C13H13BrN2O2/c1-8-2-4-9(5-3-8)13-12(14)10(15-16-13)6-7-11(17)18/h2-5H,6-7H2,1H3,(H,15,16)(H,17,18). The maximum Gasteiger partial charge on any atom is 0.303 e. The van der Waals surface area contributed by atoms with Gasteiger partial charge in [-0.25, -0.2) is 0 Å². The maximum atomic E-state index is 10.5. The molecule has 18 heavy (non-hydrogen) atoms. The Labute approximate surface area is 113 Å². The lowest BCUT2D eigenvalue weighted by Crippen LogP contribution is -1.98. The zero-order valence-corrected chi connectivity index (χ0v) is 11.5. The summed E-state index contributed by atoms with van der Waals surface area (Å²) in [4.78, 5) is 10.5. The molecule has 94 valence electrons. The molecule has 2 rings (SSSR count). The van der Waals surface area contributed by atoms with Gasteiger partial charge in [0.1, 0.15) is 5.69 Å². The van der Waals surface area contributed by atoms with Crippen LogP contribution in [0.3, 0.4) is 0 Å². The normalized spacial score (nSPS) is 10.6. The molecule has 0 bridgehead atoms. The molecule has 0 saturated carbocycles. The molecule has 0 aliphatic rings. The van der Waals surface area contributed by atoms with E-state index < -0.39 is 5.97 Å². The van der Waals surface area contributed by atoms with Gasteiger partial charge < -0.3 is 5.11 Å². The van der Waals surface area contributed by atoms with E-state index in [1.54, 1.807) is 0 Å². The van der Waals surface area contributed by atoms with Crippen molar-refractivity contribution in [2.45, 2.75) is 19.8 Å². The molecule has 0 aliphatic carbocycles. The Morgan fingerprint density at radius 1 is 1.39 bits per heavy atom. The quantitative estimate of drug-likeness (QED) is 0.911. The van der Waals surface area contributed by atoms with Crippen LogP contribution in [0.2, 0.25) is 0 Å². The lowest BCUT2D eigenvalue weighted by molar-refractivity contribution is -0.136. The SMILES string of the molecule is Cc1ccc(-c2n[nH]c(CCC(=O)O)c2Br)cc1. The number of hydrogen-bond acceptors (Lipinski definition) is 2. The van der Waals surface area contributed by atoms with Crippen LogP contribution in [0.4, 0.5) is 0 Å². The van der Waals surface area contributed by atoms with Crippen molar-refractivity contribution in [3.63, 3.8) is 0 Å². The molecular weight excluding hydrogens is 296 g/mol. The minimum atomic E-state index is -0.812. The second-order valence-electron chi connectivity index (χ2n) is 4.12. The zero-order valence-electron chi connectivity index (χ0n) is 9.90. The highest BCUT2D eigenvalue weighted by Gasteiger charge is 2.13. The molecule has 1 aromatic heterocycles. The second-order valence-corrected chi connectivity index (χ2v) is 4.92. The Bertz CT molecular complexity index is 561. The maximum absolute atomic E-state index is 10.5. The largest absolute Gasteiger partial charge is 0.481 e. The Morgan fingerprint density at radius 2 is 2.06 bits per heavy atom. The van der Waals surface area contributed by atoms with Gasteiger partial charge in [-0.1, -0.05) is 29.8 Å². The van der Waals surface area contributed by atoms with Crippen LogP contribution in [0.15, 0.2) is 28.7 Å². The van der Waals surface area contributed by atoms with E-state index in [4.69, 9.17) is 5.11 Å². The summed E-state index contributed by atoms with van der Waals surface area (Å²) in [7, 11) is 0. The number of aryl methyl sites for hydroxylation is 2. The molecule has 1 heterocycles. The Hall–Kier alpha value is -1.62. The van der Waals surface area contributed by atoms with Crippen molar-refractivity contribution in [1.82, 2.24) is 10.2 Å². The summed E-state index contributed by atoms with van der Waals surface area (Å²) in [6.45, 7) is 2.03. The van der Waals surface area contributed by atoms with Gasteiger partial charge in [-0.15, -0.1) is 0 Å².